The molecule has 1 aromatic rings. The van der Waals surface area contributed by atoms with Gasteiger partial charge in [0.05, 0.1) is 16.8 Å². The number of rotatable bonds is 2. The molecule has 0 spiro atoms. The second-order valence-corrected chi connectivity index (χ2v) is 6.40. The first-order valence-electron chi connectivity index (χ1n) is 6.50. The van der Waals surface area contributed by atoms with Gasteiger partial charge in [0.15, 0.2) is 0 Å². The molecule has 2 saturated heterocycles. The van der Waals surface area contributed by atoms with E-state index in [9.17, 15) is 5.11 Å². The van der Waals surface area contributed by atoms with Crippen molar-refractivity contribution in [2.24, 2.45) is 0 Å². The highest BCUT2D eigenvalue weighted by Gasteiger charge is 2.39. The van der Waals surface area contributed by atoms with Crippen LogP contribution in [0, 0.1) is 0 Å². The summed E-state index contributed by atoms with van der Waals surface area (Å²) in [5.41, 5.74) is 0.844. The van der Waals surface area contributed by atoms with Gasteiger partial charge in [0, 0.05) is 23.4 Å². The number of hydrogen-bond donors (Lipinski definition) is 1. The van der Waals surface area contributed by atoms with E-state index >= 15 is 0 Å². The number of aromatic nitrogens is 1. The summed E-state index contributed by atoms with van der Waals surface area (Å²) in [6.07, 6.45) is 4.78. The van der Waals surface area contributed by atoms with Gasteiger partial charge in [0.1, 0.15) is 0 Å². The quantitative estimate of drug-likeness (QED) is 0.878. The van der Waals surface area contributed by atoms with Crippen LogP contribution in [0.15, 0.2) is 5.38 Å². The number of thiazole rings is 1. The predicted molar refractivity (Wildman–Crippen MR) is 69.3 cm³/mol. The minimum Gasteiger partial charge on any atom is -0.387 e. The topological polar surface area (TPSA) is 36.4 Å². The van der Waals surface area contributed by atoms with E-state index in [2.05, 4.69) is 16.9 Å². The van der Waals surface area contributed by atoms with Crippen LogP contribution in [-0.2, 0) is 0 Å². The number of aliphatic hydroxyl groups excluding tert-OH is 1. The molecule has 2 aliphatic heterocycles. The number of hydrogen-bond acceptors (Lipinski definition) is 4. The summed E-state index contributed by atoms with van der Waals surface area (Å²) >= 11 is 1.73. The number of aliphatic hydroxyl groups is 1. The molecule has 1 aromatic heterocycles. The Bertz CT molecular complexity index is 390. The number of nitrogens with zero attached hydrogens (tertiary/aromatic N) is 2. The molecular weight excluding hydrogens is 232 g/mol. The minimum atomic E-state index is -0.428. The van der Waals surface area contributed by atoms with E-state index in [1.54, 1.807) is 18.3 Å². The Morgan fingerprint density at radius 1 is 1.41 bits per heavy atom. The van der Waals surface area contributed by atoms with E-state index in [0.717, 1.165) is 17.8 Å². The lowest BCUT2D eigenvalue weighted by Gasteiger charge is -2.35. The van der Waals surface area contributed by atoms with E-state index in [0.29, 0.717) is 5.92 Å². The Labute approximate surface area is 106 Å². The maximum atomic E-state index is 9.53. The summed E-state index contributed by atoms with van der Waals surface area (Å²) in [6, 6.07) is 1.52. The van der Waals surface area contributed by atoms with Crippen LogP contribution in [0.1, 0.15) is 55.3 Å². The van der Waals surface area contributed by atoms with Gasteiger partial charge in [-0.05, 0) is 39.7 Å². The van der Waals surface area contributed by atoms with Crippen LogP contribution in [0.4, 0.5) is 0 Å². The SMILES string of the molecule is CC(O)c1csc(C2CC3CCC(C2)N3C)n1. The van der Waals surface area contributed by atoms with Crippen LogP contribution in [0.3, 0.4) is 0 Å². The smallest absolute Gasteiger partial charge is 0.0961 e. The van der Waals surface area contributed by atoms with Crippen LogP contribution >= 0.6 is 11.3 Å². The highest BCUT2D eigenvalue weighted by molar-refractivity contribution is 7.09. The van der Waals surface area contributed by atoms with Crippen LogP contribution in [-0.4, -0.2) is 34.1 Å². The van der Waals surface area contributed by atoms with Crippen LogP contribution < -0.4 is 0 Å². The van der Waals surface area contributed by atoms with Crippen LogP contribution in [0.5, 0.6) is 0 Å². The zero-order valence-electron chi connectivity index (χ0n) is 10.5. The van der Waals surface area contributed by atoms with Gasteiger partial charge >= 0.3 is 0 Å². The molecule has 2 bridgehead atoms. The maximum absolute atomic E-state index is 9.53. The molecule has 1 N–H and O–H groups in total. The van der Waals surface area contributed by atoms with Gasteiger partial charge in [-0.1, -0.05) is 0 Å². The van der Waals surface area contributed by atoms with Crippen molar-refractivity contribution >= 4 is 11.3 Å². The minimum absolute atomic E-state index is 0.428. The first-order valence-corrected chi connectivity index (χ1v) is 7.38. The van der Waals surface area contributed by atoms with Gasteiger partial charge in [-0.15, -0.1) is 11.3 Å². The standard InChI is InChI=1S/C13H20N2OS/c1-8(16)12-7-17-13(14-12)9-5-10-3-4-11(6-9)15(10)2/h7-11,16H,3-6H2,1-2H3. The lowest BCUT2D eigenvalue weighted by molar-refractivity contribution is 0.161. The van der Waals surface area contributed by atoms with E-state index in [1.807, 2.05) is 5.38 Å². The molecule has 3 heterocycles. The molecule has 0 aliphatic carbocycles. The summed E-state index contributed by atoms with van der Waals surface area (Å²) < 4.78 is 0. The van der Waals surface area contributed by atoms with Gasteiger partial charge in [0.25, 0.3) is 0 Å². The molecule has 4 heteroatoms. The fourth-order valence-electron chi connectivity index (χ4n) is 3.29. The molecule has 3 rings (SSSR count). The lowest BCUT2D eigenvalue weighted by Crippen LogP contribution is -2.39. The van der Waals surface area contributed by atoms with Crippen LogP contribution in [0.2, 0.25) is 0 Å². The Morgan fingerprint density at radius 2 is 2.06 bits per heavy atom. The van der Waals surface area contributed by atoms with E-state index < -0.39 is 6.10 Å². The molecule has 0 saturated carbocycles. The molecule has 3 unspecified atom stereocenters. The largest absolute Gasteiger partial charge is 0.387 e. The third kappa shape index (κ3) is 2.02. The van der Waals surface area contributed by atoms with Crippen molar-refractivity contribution in [3.63, 3.8) is 0 Å². The Balaban J connectivity index is 1.77. The molecule has 0 radical (unpaired) electrons. The first-order chi connectivity index (χ1) is 8.15. The number of piperidine rings is 1. The summed E-state index contributed by atoms with van der Waals surface area (Å²) in [6.45, 7) is 1.79. The average Bonchev–Trinajstić information content (AvgIpc) is 2.83. The first kappa shape index (κ1) is 11.6. The van der Waals surface area contributed by atoms with Gasteiger partial charge in [0.2, 0.25) is 0 Å². The zero-order chi connectivity index (χ0) is 12.0. The Hall–Kier alpha value is -0.450. The highest BCUT2D eigenvalue weighted by Crippen LogP contribution is 2.42. The maximum Gasteiger partial charge on any atom is 0.0961 e. The third-order valence-corrected chi connectivity index (χ3v) is 5.44. The summed E-state index contributed by atoms with van der Waals surface area (Å²) in [5.74, 6) is 0.626. The monoisotopic (exact) mass is 252 g/mol. The molecule has 2 fully saturated rings. The van der Waals surface area contributed by atoms with Crippen LogP contribution in [0.25, 0.3) is 0 Å². The van der Waals surface area contributed by atoms with E-state index in [1.165, 1.54) is 30.7 Å². The van der Waals surface area contributed by atoms with E-state index in [4.69, 9.17) is 0 Å². The fraction of sp³-hybridized carbons (Fsp3) is 0.769. The van der Waals surface area contributed by atoms with Crippen molar-refractivity contribution in [3.8, 4) is 0 Å². The summed E-state index contributed by atoms with van der Waals surface area (Å²) in [4.78, 5) is 7.16. The Kier molecular flexibility index (Phi) is 2.97. The van der Waals surface area contributed by atoms with Crippen molar-refractivity contribution in [2.75, 3.05) is 7.05 Å². The van der Waals surface area contributed by atoms with Crippen molar-refractivity contribution in [1.82, 2.24) is 9.88 Å². The molecule has 2 aliphatic rings. The van der Waals surface area contributed by atoms with Gasteiger partial charge in [-0.2, -0.15) is 0 Å². The predicted octanol–water partition coefficient (Wildman–Crippen LogP) is 2.54. The van der Waals surface area contributed by atoms with E-state index in [-0.39, 0.29) is 0 Å². The van der Waals surface area contributed by atoms with Crippen molar-refractivity contribution in [2.45, 2.75) is 56.7 Å². The third-order valence-electron chi connectivity index (χ3n) is 4.42. The molecule has 0 aromatic carbocycles. The molecule has 3 nitrogen and oxygen atoms in total. The average molecular weight is 252 g/mol. The van der Waals surface area contributed by atoms with Gasteiger partial charge in [-0.3, -0.25) is 0 Å². The lowest BCUT2D eigenvalue weighted by atomic mass is 9.92. The van der Waals surface area contributed by atoms with Gasteiger partial charge in [-0.25, -0.2) is 4.98 Å². The molecule has 94 valence electrons. The second kappa shape index (κ2) is 4.34. The molecular formula is C13H20N2OS. The van der Waals surface area contributed by atoms with Crippen molar-refractivity contribution < 1.29 is 5.11 Å². The molecule has 17 heavy (non-hydrogen) atoms. The summed E-state index contributed by atoms with van der Waals surface area (Å²) in [7, 11) is 2.27. The molecule has 3 atom stereocenters. The normalized spacial score (nSPS) is 35.1. The fourth-order valence-corrected chi connectivity index (χ4v) is 4.33. The zero-order valence-corrected chi connectivity index (χ0v) is 11.3. The van der Waals surface area contributed by atoms with Crippen molar-refractivity contribution in [3.05, 3.63) is 16.1 Å². The molecule has 0 amide bonds. The summed E-state index contributed by atoms with van der Waals surface area (Å²) in [5, 5.41) is 12.8. The Morgan fingerprint density at radius 3 is 2.59 bits per heavy atom. The number of fused-ring (bicyclic) bond motifs is 2. The second-order valence-electron chi connectivity index (χ2n) is 5.51. The highest BCUT2D eigenvalue weighted by atomic mass is 32.1. The van der Waals surface area contributed by atoms with Gasteiger partial charge < -0.3 is 10.0 Å². The van der Waals surface area contributed by atoms with Crippen molar-refractivity contribution in [1.29, 1.82) is 0 Å².